The molecule has 0 aliphatic rings. The number of rotatable bonds is 20. The number of aromatic amines is 4. The summed E-state index contributed by atoms with van der Waals surface area (Å²) in [6, 6.07) is 37.2. The van der Waals surface area contributed by atoms with Crippen LogP contribution in [0.3, 0.4) is 0 Å². The molecule has 6 N–H and O–H groups in total. The van der Waals surface area contributed by atoms with Gasteiger partial charge in [0.2, 0.25) is 22.7 Å². The summed E-state index contributed by atoms with van der Waals surface area (Å²) in [5.41, 5.74) is 10.4. The van der Waals surface area contributed by atoms with Gasteiger partial charge in [0.05, 0.1) is 198 Å². The molecular weight excluding hydrogens is 1750 g/mol. The first-order chi connectivity index (χ1) is 64.3. The average Bonchev–Trinajstić information content (AvgIpc) is 1.61. The van der Waals surface area contributed by atoms with Crippen molar-refractivity contribution in [3.05, 3.63) is 313 Å². The topological polar surface area (TPSA) is 320 Å². The summed E-state index contributed by atoms with van der Waals surface area (Å²) in [6.07, 6.45) is 6.33. The molecule has 16 rings (SSSR count). The average molecular weight is 1830 g/mol. The van der Waals surface area contributed by atoms with E-state index < -0.39 is 47.2 Å². The molecule has 0 unspecified atom stereocenters. The number of carboxylic acids is 1. The van der Waals surface area contributed by atoms with Crippen LogP contribution in [-0.4, -0.2) is 137 Å². The number of carbonyl (C=O) groups is 2. The van der Waals surface area contributed by atoms with Gasteiger partial charge in [-0.2, -0.15) is 70.1 Å². The fourth-order valence-electron chi connectivity index (χ4n) is 13.9. The van der Waals surface area contributed by atoms with E-state index in [4.69, 9.17) is 69.7 Å². The number of alkyl halides is 9. The first-order valence-electron chi connectivity index (χ1n) is 39.5. The lowest BCUT2D eigenvalue weighted by molar-refractivity contribution is -0.138. The number of halogens is 9. The van der Waals surface area contributed by atoms with Crippen molar-refractivity contribution < 1.29 is 92.5 Å². The lowest BCUT2D eigenvalue weighted by Crippen LogP contribution is -2.07. The molecule has 0 amide bonds. The van der Waals surface area contributed by atoms with Crippen LogP contribution in [0.5, 0.6) is 34.5 Å². The smallest absolute Gasteiger partial charge is 0.416 e. The van der Waals surface area contributed by atoms with Gasteiger partial charge in [0.1, 0.15) is 45.6 Å². The Labute approximate surface area is 757 Å². The lowest BCUT2D eigenvalue weighted by Gasteiger charge is -2.09. The summed E-state index contributed by atoms with van der Waals surface area (Å²) >= 11 is 0. The van der Waals surface area contributed by atoms with Gasteiger partial charge in [0.15, 0.2) is 0 Å². The quantitative estimate of drug-likeness (QED) is 0.0235. The number of aliphatic hydroxyl groups excluding tert-OH is 1. The highest BCUT2D eigenvalue weighted by molar-refractivity contribution is 6.06. The highest BCUT2D eigenvalue weighted by Gasteiger charge is 2.34. The minimum absolute atomic E-state index is 0.0399. The second kappa shape index (κ2) is 43.0. The van der Waals surface area contributed by atoms with Crippen molar-refractivity contribution >= 4 is 161 Å². The maximum Gasteiger partial charge on any atom is 0.416 e. The van der Waals surface area contributed by atoms with Crippen LogP contribution in [0, 0.1) is 26.3 Å². The van der Waals surface area contributed by atoms with E-state index in [0.717, 1.165) is 68.8 Å². The van der Waals surface area contributed by atoms with Crippen LogP contribution in [0.1, 0.15) is 106 Å². The molecule has 16 aromatic rings. The number of pyridine rings is 1. The van der Waals surface area contributed by atoms with E-state index in [0.29, 0.717) is 153 Å². The van der Waals surface area contributed by atoms with Crippen molar-refractivity contribution in [3.63, 3.8) is 0 Å². The summed E-state index contributed by atoms with van der Waals surface area (Å²) in [6.45, 7) is 38.2. The molecule has 0 fully saturated rings. The lowest BCUT2D eigenvalue weighted by atomic mass is 10.1. The van der Waals surface area contributed by atoms with Crippen LogP contribution < -0.4 is 28.4 Å². The van der Waals surface area contributed by atoms with E-state index in [1.54, 1.807) is 134 Å². The number of carboxylic acid groups (broad SMARTS) is 1. The number of nitrogens with one attached hydrogen (secondary N) is 4. The molecule has 0 saturated heterocycles. The number of ether oxygens (including phenoxy) is 7. The predicted molar refractivity (Wildman–Crippen MR) is 493 cm³/mol. The Morgan fingerprint density at radius 1 is 0.440 bits per heavy atom. The van der Waals surface area contributed by atoms with Gasteiger partial charge in [-0.15, -0.1) is 0 Å². The van der Waals surface area contributed by atoms with Crippen molar-refractivity contribution in [2.75, 3.05) is 49.3 Å². The predicted octanol–water partition coefficient (Wildman–Crippen LogP) is 23.4. The van der Waals surface area contributed by atoms with Gasteiger partial charge in [-0.1, -0.05) is 104 Å². The Morgan fingerprint density at radius 3 is 1.33 bits per heavy atom. The van der Waals surface area contributed by atoms with Crippen molar-refractivity contribution in [1.29, 1.82) is 0 Å². The number of hydrogen-bond acceptors (Lipinski definition) is 17. The highest BCUT2D eigenvalue weighted by Crippen LogP contribution is 2.44. The van der Waals surface area contributed by atoms with Crippen LogP contribution in [0.15, 0.2) is 177 Å². The molecule has 28 nitrogen and oxygen atoms in total. The van der Waals surface area contributed by atoms with Crippen molar-refractivity contribution in [2.24, 2.45) is 14.1 Å². The molecule has 7 aromatic heterocycles. The molecule has 0 spiro atoms. The van der Waals surface area contributed by atoms with Crippen LogP contribution in [0.2, 0.25) is 0 Å². The van der Waals surface area contributed by atoms with Crippen LogP contribution in [0.4, 0.5) is 62.3 Å². The summed E-state index contributed by atoms with van der Waals surface area (Å²) < 4.78 is 156. The molecule has 134 heavy (non-hydrogen) atoms. The molecule has 0 radical (unpaired) electrons. The zero-order chi connectivity index (χ0) is 96.9. The first-order valence-corrected chi connectivity index (χ1v) is 39.5. The fraction of sp³-hybridized carbons (Fsp3) is 0.144. The van der Waals surface area contributed by atoms with E-state index in [1.807, 2.05) is 37.4 Å². The molecule has 37 heteroatoms. The molecule has 680 valence electrons. The third-order valence-electron chi connectivity index (χ3n) is 20.0. The number of methoxy groups -OCH3 is 6. The largest absolute Gasteiger partial charge is 0.507 e. The van der Waals surface area contributed by atoms with Crippen molar-refractivity contribution in [2.45, 2.75) is 32.1 Å². The van der Waals surface area contributed by atoms with E-state index >= 15 is 0 Å². The third-order valence-corrected chi connectivity index (χ3v) is 20.0. The summed E-state index contributed by atoms with van der Waals surface area (Å²) in [4.78, 5) is 40.8. The monoisotopic (exact) mass is 1830 g/mol. The second-order valence-electron chi connectivity index (χ2n) is 28.0. The number of hydrogen-bond donors (Lipinski definition) is 6. The second-order valence-corrected chi connectivity index (χ2v) is 28.0. The number of aromatic carboxylic acids is 1. The molecule has 0 aliphatic heterocycles. The maximum atomic E-state index is 13.1. The van der Waals surface area contributed by atoms with Gasteiger partial charge < -0.3 is 43.4 Å². The van der Waals surface area contributed by atoms with Crippen molar-refractivity contribution in [3.8, 4) is 34.5 Å². The van der Waals surface area contributed by atoms with Gasteiger partial charge >= 0.3 is 30.5 Å². The van der Waals surface area contributed by atoms with Crippen molar-refractivity contribution in [1.82, 2.24) is 65.3 Å². The zero-order valence-electron chi connectivity index (χ0n) is 72.5. The van der Waals surface area contributed by atoms with Gasteiger partial charge in [0.25, 0.3) is 0 Å². The highest BCUT2D eigenvalue weighted by atomic mass is 19.4. The maximum absolute atomic E-state index is 13.1. The van der Waals surface area contributed by atoms with E-state index in [9.17, 15) is 49.1 Å². The van der Waals surface area contributed by atoms with E-state index in [-0.39, 0.29) is 17.7 Å². The Hall–Kier alpha value is -17.6. The van der Waals surface area contributed by atoms with Gasteiger partial charge in [-0.05, 0) is 156 Å². The number of carbonyl (C=O) groups excluding carboxylic acids is 1. The number of aliphatic hydroxyl groups is 1. The summed E-state index contributed by atoms with van der Waals surface area (Å²) in [5.74, 6) is 0.996. The number of H-pyrrole nitrogens is 4. The van der Waals surface area contributed by atoms with Crippen LogP contribution in [-0.2, 0) is 44.0 Å². The molecule has 0 atom stereocenters. The van der Waals surface area contributed by atoms with Crippen LogP contribution in [0.25, 0.3) is 146 Å². The Morgan fingerprint density at radius 2 is 0.888 bits per heavy atom. The Kier molecular flexibility index (Phi) is 31.2. The number of aryl methyl sites for hydroxylation is 2. The third kappa shape index (κ3) is 21.7. The van der Waals surface area contributed by atoms with Gasteiger partial charge in [-0.3, -0.25) is 34.7 Å². The fourth-order valence-corrected chi connectivity index (χ4v) is 13.9. The summed E-state index contributed by atoms with van der Waals surface area (Å²) in [5, 5.41) is 58.9. The molecule has 0 bridgehead atoms. The summed E-state index contributed by atoms with van der Waals surface area (Å²) in [7, 11) is 12.5. The first kappa shape index (κ1) is 97.0. The molecular formula is C97H78F9N17O11. The Balaban J connectivity index is 0.000000156. The molecule has 0 aliphatic carbocycles. The van der Waals surface area contributed by atoms with Gasteiger partial charge in [-0.25, -0.2) is 29.0 Å². The minimum atomic E-state index is -4.44. The number of aromatic nitrogens is 13. The Bertz CT molecular complexity index is 7390. The van der Waals surface area contributed by atoms with E-state index in [2.05, 4.69) is 88.5 Å². The zero-order valence-corrected chi connectivity index (χ0v) is 72.5. The number of nitrogens with zero attached hydrogens (tertiary/aromatic N) is 13. The van der Waals surface area contributed by atoms with E-state index in [1.165, 1.54) is 96.2 Å². The number of esters is 1. The SMILES string of the molecule is C=Cc1nn(C)c2ccc(C(=O)O)c(OC)c12.C=Cc1nn(C)c2ccc(C(=O)OCC)c(OC)c12.[C-]#[N+]c1ccc2[nH]nc(/C=C/c3ccc(C(F)(F)F)cc3)c2c1OC.[C-]#[N+]c1ccc2[nH]nc(/C=C/c3cccc(C(F)(F)F)c3)c2c1OC.[C-]#[N+]c1ccc2[nH]nc(/C=C/c3cncc(CO)c3)c2c1OC.[C-]#[N+]c1ccc2n[nH]c(/C=C/c3ccccc3C(F)(F)F)c2c1OC. The number of fused-ring (bicyclic) bond motifs is 6. The minimum Gasteiger partial charge on any atom is -0.507 e. The number of benzene rings is 9. The molecule has 9 aromatic carbocycles. The molecule has 0 saturated carbocycles. The van der Waals surface area contributed by atoms with Gasteiger partial charge in [0, 0.05) is 26.5 Å². The molecule has 7 heterocycles. The standard InChI is InChI=1S/3C18H12F3N3O.C17H14N4O2.C14H16N2O3.C12H12N2O3/c1-22-15-10-9-14-16(17(15)25-2)13(23-24-14)8-5-11-3-6-12(7-4-11)18(19,20)21;1-22-15-9-8-14-16(17(15)25-2)13(23-24-14)7-6-11-4-3-5-12(10-11)18(19,20)21;1-22-15-10-9-14-16(17(15)25-2)13(23-24-14)8-7-11-5-3-4-6-12(11)18(19,20)21;1-18-15-6-5-14-16(17(15)23-2)13(20-21-14)4-3-11-7-12(10-22)9-19-8-11;1-5-10-12-11(16(3)15-10)8-7-9(13(12)18-4)14(17)19-6-2;1-4-8-10-9(14(2)13-8)6-5-7(12(15)16)11(10)17-3/h3*3-10H,2H3,(H,23,24);3-9,22H,10H2,2H3,(H,20,21);5,7-8H,1,6H2,2-4H3;4-6H,1H2,2-3H3,(H,15,16)/b8-5+;7-6+;8-7+;4-3+;;. The normalized spacial score (nSPS) is 11.3. The van der Waals surface area contributed by atoms with Crippen LogP contribution >= 0.6 is 0 Å².